The fourth-order valence-electron chi connectivity index (χ4n) is 8.28. The molecular formula is C47H34N3OSi-. The van der Waals surface area contributed by atoms with Crippen LogP contribution < -0.4 is 10.4 Å². The molecule has 4 nitrogen and oxygen atoms in total. The molecule has 0 bridgehead atoms. The Morgan fingerprint density at radius 1 is 0.404 bits per heavy atom. The Morgan fingerprint density at radius 3 is 1.71 bits per heavy atom. The van der Waals surface area contributed by atoms with Crippen molar-refractivity contribution < 1.29 is 4.42 Å². The third-order valence-corrected chi connectivity index (χ3v) is 14.9. The quantitative estimate of drug-likeness (QED) is 0.169. The molecule has 10 rings (SSSR count). The van der Waals surface area contributed by atoms with Crippen molar-refractivity contribution in [2.45, 2.75) is 13.1 Å². The molecule has 2 aromatic heterocycles. The van der Waals surface area contributed by atoms with Gasteiger partial charge in [0.1, 0.15) is 0 Å². The molecule has 0 fully saturated rings. The van der Waals surface area contributed by atoms with Gasteiger partial charge in [0.25, 0.3) is 0 Å². The van der Waals surface area contributed by atoms with Gasteiger partial charge in [-0.3, -0.25) is 0 Å². The molecule has 0 saturated carbocycles. The second kappa shape index (κ2) is 11.8. The fourth-order valence-corrected chi connectivity index (χ4v) is 12.2. The molecule has 0 amide bonds. The molecule has 0 unspecified atom stereocenters. The van der Waals surface area contributed by atoms with Gasteiger partial charge in [-0.05, 0) is 0 Å². The van der Waals surface area contributed by atoms with E-state index in [1.165, 1.54) is 32.6 Å². The van der Waals surface area contributed by atoms with Crippen molar-refractivity contribution in [1.29, 1.82) is 0 Å². The molecule has 0 atom stereocenters. The van der Waals surface area contributed by atoms with Gasteiger partial charge in [0, 0.05) is 0 Å². The van der Waals surface area contributed by atoms with Gasteiger partial charge in [-0.1, -0.05) is 0 Å². The second-order valence-corrected chi connectivity index (χ2v) is 19.3. The zero-order chi connectivity index (χ0) is 34.8. The number of hydrogen-bond donors (Lipinski definition) is 0. The van der Waals surface area contributed by atoms with Gasteiger partial charge in [-0.25, -0.2) is 0 Å². The summed E-state index contributed by atoms with van der Waals surface area (Å²) in [5.41, 5.74) is 11.7. The average Bonchev–Trinajstić information content (AvgIpc) is 3.70. The Morgan fingerprint density at radius 2 is 0.981 bits per heavy atom. The zero-order valence-corrected chi connectivity index (χ0v) is 30.1. The van der Waals surface area contributed by atoms with Crippen LogP contribution in [0.4, 0.5) is 0 Å². The van der Waals surface area contributed by atoms with Gasteiger partial charge in [0.05, 0.1) is 0 Å². The van der Waals surface area contributed by atoms with Crippen LogP contribution in [-0.4, -0.2) is 23.0 Å². The van der Waals surface area contributed by atoms with Gasteiger partial charge in [-0.15, -0.1) is 0 Å². The van der Waals surface area contributed by atoms with Crippen molar-refractivity contribution in [1.82, 2.24) is 15.0 Å². The Kier molecular flexibility index (Phi) is 6.91. The van der Waals surface area contributed by atoms with Gasteiger partial charge in [0.2, 0.25) is 0 Å². The molecule has 9 aromatic rings. The van der Waals surface area contributed by atoms with Crippen molar-refractivity contribution in [3.8, 4) is 67.5 Å². The molecule has 3 heterocycles. The summed E-state index contributed by atoms with van der Waals surface area (Å²) in [6.45, 7) is 4.95. The molecule has 248 valence electrons. The Balaban J connectivity index is 1.23. The van der Waals surface area contributed by atoms with E-state index in [0.29, 0.717) is 17.5 Å². The number of fused-ring (bicyclic) bond motifs is 6. The van der Waals surface area contributed by atoms with Gasteiger partial charge >= 0.3 is 304 Å². The van der Waals surface area contributed by atoms with Crippen LogP contribution in [0.1, 0.15) is 0 Å². The van der Waals surface area contributed by atoms with Crippen LogP contribution in [0.25, 0.3) is 89.5 Å². The van der Waals surface area contributed by atoms with Crippen molar-refractivity contribution >= 4 is 40.4 Å². The second-order valence-electron chi connectivity index (χ2n) is 14.3. The SMILES string of the molecule is C[SiH-]1(C)c2ccc(-c3ccccc3)cc2-c2cccc(-c3nc(-c4ccccc4)nc(-c4cc(-c5ccccc5)cc5c4oc4ccccc45)n3)c21. The van der Waals surface area contributed by atoms with E-state index >= 15 is 0 Å². The van der Waals surface area contributed by atoms with Crippen molar-refractivity contribution in [2.24, 2.45) is 0 Å². The van der Waals surface area contributed by atoms with Crippen LogP contribution in [0.2, 0.25) is 13.1 Å². The van der Waals surface area contributed by atoms with Crippen LogP contribution in [0, 0.1) is 0 Å². The first-order chi connectivity index (χ1) is 25.5. The van der Waals surface area contributed by atoms with Gasteiger partial charge < -0.3 is 0 Å². The first-order valence-electron chi connectivity index (χ1n) is 17.9. The summed E-state index contributed by atoms with van der Waals surface area (Å²) in [5.74, 6) is 1.91. The topological polar surface area (TPSA) is 51.8 Å². The molecule has 0 N–H and O–H groups in total. The zero-order valence-electron chi connectivity index (χ0n) is 28.9. The van der Waals surface area contributed by atoms with Gasteiger partial charge in [-0.2, -0.15) is 0 Å². The van der Waals surface area contributed by atoms with Crippen molar-refractivity contribution in [2.75, 3.05) is 0 Å². The number of benzene rings is 7. The summed E-state index contributed by atoms with van der Waals surface area (Å²) in [5, 5.41) is 4.96. The summed E-state index contributed by atoms with van der Waals surface area (Å²) in [6, 6.07) is 57.6. The molecule has 7 aromatic carbocycles. The number of nitrogens with zero attached hydrogens (tertiary/aromatic N) is 3. The van der Waals surface area contributed by atoms with E-state index in [0.717, 1.165) is 49.8 Å². The van der Waals surface area contributed by atoms with Crippen LogP contribution in [0.5, 0.6) is 0 Å². The average molecular weight is 685 g/mol. The fraction of sp³-hybridized carbons (Fsp3) is 0.0426. The standard InChI is InChI=1S/C47H34N3OSi/c1-52(2)42-26-25-33(30-15-6-3-7-16-30)27-38(42)36-22-14-23-37(44(36)52)46-48-45(32-19-10-5-11-20-32)49-47(50-46)40-29-34(31-17-8-4-9-18-31)28-39-35-21-12-13-24-41(35)51-43(39)40/h3-29,52H,1-2H3/q-1. The molecule has 5 heteroatoms. The Hall–Kier alpha value is -6.43. The third kappa shape index (κ3) is 4.85. The first kappa shape index (κ1) is 30.4. The minimum absolute atomic E-state index is 0.591. The molecule has 1 aliphatic heterocycles. The molecular weight excluding hydrogens is 651 g/mol. The maximum atomic E-state index is 6.62. The third-order valence-electron chi connectivity index (χ3n) is 10.8. The molecule has 52 heavy (non-hydrogen) atoms. The predicted octanol–water partition coefficient (Wildman–Crippen LogP) is 10.6. The maximum absolute atomic E-state index is 6.62. The number of rotatable bonds is 5. The predicted molar refractivity (Wildman–Crippen MR) is 218 cm³/mol. The monoisotopic (exact) mass is 684 g/mol. The van der Waals surface area contributed by atoms with Crippen molar-refractivity contribution in [3.05, 3.63) is 164 Å². The summed E-state index contributed by atoms with van der Waals surface area (Å²) in [4.78, 5) is 15.8. The van der Waals surface area contributed by atoms with E-state index in [2.05, 4.69) is 140 Å². The van der Waals surface area contributed by atoms with E-state index in [1.807, 2.05) is 36.4 Å². The molecule has 0 aliphatic carbocycles. The van der Waals surface area contributed by atoms with Gasteiger partial charge in [0.15, 0.2) is 0 Å². The van der Waals surface area contributed by atoms with Crippen molar-refractivity contribution in [3.63, 3.8) is 0 Å². The summed E-state index contributed by atoms with van der Waals surface area (Å²) >= 11 is 0. The summed E-state index contributed by atoms with van der Waals surface area (Å²) in [6.07, 6.45) is 0. The van der Waals surface area contributed by atoms with E-state index in [1.54, 1.807) is 0 Å². The Labute approximate surface area is 303 Å². The van der Waals surface area contributed by atoms with E-state index < -0.39 is 8.07 Å². The number of furan rings is 1. The minimum atomic E-state index is -2.54. The van der Waals surface area contributed by atoms with E-state index in [-0.39, 0.29) is 0 Å². The van der Waals surface area contributed by atoms with Crippen LogP contribution in [0.15, 0.2) is 168 Å². The first-order valence-corrected chi connectivity index (χ1v) is 21.4. The molecule has 0 spiro atoms. The number of aromatic nitrogens is 3. The Bertz CT molecular complexity index is 2810. The van der Waals surface area contributed by atoms with Crippen LogP contribution in [0.3, 0.4) is 0 Å². The summed E-state index contributed by atoms with van der Waals surface area (Å²) in [7, 11) is -2.54. The van der Waals surface area contributed by atoms with Crippen LogP contribution in [-0.2, 0) is 0 Å². The summed E-state index contributed by atoms with van der Waals surface area (Å²) < 4.78 is 6.62. The number of hydrogen-bond acceptors (Lipinski definition) is 4. The normalized spacial score (nSPS) is 13.6. The molecule has 1 aliphatic rings. The van der Waals surface area contributed by atoms with E-state index in [9.17, 15) is 0 Å². The molecule has 0 radical (unpaired) electrons. The van der Waals surface area contributed by atoms with Crippen LogP contribution >= 0.6 is 0 Å². The number of para-hydroxylation sites is 1. The molecule has 0 saturated heterocycles. The van der Waals surface area contributed by atoms with E-state index in [4.69, 9.17) is 19.4 Å².